The Kier molecular flexibility index (Phi) is 5.72. The third-order valence-corrected chi connectivity index (χ3v) is 6.24. The number of halogens is 1. The fourth-order valence-corrected chi connectivity index (χ4v) is 4.50. The second kappa shape index (κ2) is 8.41. The zero-order chi connectivity index (χ0) is 20.4. The molecule has 2 aliphatic rings. The lowest BCUT2D eigenvalue weighted by Crippen LogP contribution is -2.56. The van der Waals surface area contributed by atoms with Gasteiger partial charge in [0.2, 0.25) is 0 Å². The van der Waals surface area contributed by atoms with Crippen LogP contribution in [0.3, 0.4) is 0 Å². The third kappa shape index (κ3) is 4.08. The van der Waals surface area contributed by atoms with Gasteiger partial charge in [0, 0.05) is 56.4 Å². The van der Waals surface area contributed by atoms with Crippen molar-refractivity contribution in [3.8, 4) is 5.75 Å². The van der Waals surface area contributed by atoms with E-state index in [0.717, 1.165) is 45.6 Å². The number of carbonyl (C=O) groups is 1. The number of nitrogens with zero attached hydrogens (tertiary/aromatic N) is 3. The van der Waals surface area contributed by atoms with Gasteiger partial charge in [0.15, 0.2) is 0 Å². The van der Waals surface area contributed by atoms with Crippen LogP contribution in [0.5, 0.6) is 5.75 Å². The summed E-state index contributed by atoms with van der Waals surface area (Å²) in [4.78, 5) is 19.5. The highest BCUT2D eigenvalue weighted by atomic mass is 19.1. The highest BCUT2D eigenvalue weighted by Crippen LogP contribution is 2.25. The van der Waals surface area contributed by atoms with Gasteiger partial charge in [-0.3, -0.25) is 9.69 Å². The maximum Gasteiger partial charge on any atom is 0.254 e. The number of carbonyl (C=O) groups excluding carboxylic acids is 1. The molecular formula is C23H28FN3O2. The van der Waals surface area contributed by atoms with Crippen molar-refractivity contribution in [3.63, 3.8) is 0 Å². The molecule has 2 aliphatic heterocycles. The summed E-state index contributed by atoms with van der Waals surface area (Å²) >= 11 is 0. The molecule has 6 heteroatoms. The topological polar surface area (TPSA) is 47.0 Å². The smallest absolute Gasteiger partial charge is 0.254 e. The molecule has 0 spiro atoms. The van der Waals surface area contributed by atoms with Crippen LogP contribution < -0.4 is 4.90 Å². The number of phenolic OH excluding ortho intramolecular Hbond substituents is 1. The molecule has 2 aromatic carbocycles. The summed E-state index contributed by atoms with van der Waals surface area (Å²) in [6.07, 6.45) is 2.05. The highest BCUT2D eigenvalue weighted by Gasteiger charge is 2.31. The van der Waals surface area contributed by atoms with Crippen LogP contribution >= 0.6 is 0 Å². The fourth-order valence-electron chi connectivity index (χ4n) is 4.50. The number of amides is 1. The number of likely N-dealkylation sites (tertiary alicyclic amines) is 1. The average molecular weight is 397 g/mol. The molecule has 2 fully saturated rings. The van der Waals surface area contributed by atoms with Crippen LogP contribution in [-0.4, -0.2) is 66.1 Å². The molecule has 0 radical (unpaired) electrons. The molecule has 1 N–H and O–H groups in total. The molecule has 154 valence electrons. The van der Waals surface area contributed by atoms with Gasteiger partial charge in [-0.05, 0) is 44.0 Å². The maximum absolute atomic E-state index is 14.1. The van der Waals surface area contributed by atoms with E-state index >= 15 is 0 Å². The second-order valence-electron chi connectivity index (χ2n) is 7.97. The Morgan fingerprint density at radius 3 is 2.55 bits per heavy atom. The van der Waals surface area contributed by atoms with E-state index in [0.29, 0.717) is 29.4 Å². The lowest BCUT2D eigenvalue weighted by molar-refractivity contribution is 0.0562. The number of hydrogen-bond acceptors (Lipinski definition) is 4. The van der Waals surface area contributed by atoms with Crippen LogP contribution in [0.2, 0.25) is 0 Å². The van der Waals surface area contributed by atoms with Crippen molar-refractivity contribution in [2.24, 2.45) is 0 Å². The Morgan fingerprint density at radius 1 is 1.03 bits per heavy atom. The lowest BCUT2D eigenvalue weighted by atomic mass is 10.0. The molecule has 0 saturated carbocycles. The Morgan fingerprint density at radius 2 is 1.79 bits per heavy atom. The number of para-hydroxylation sites is 1. The summed E-state index contributed by atoms with van der Waals surface area (Å²) < 4.78 is 14.1. The first-order valence-electron chi connectivity index (χ1n) is 10.4. The molecule has 0 aromatic heterocycles. The van der Waals surface area contributed by atoms with E-state index in [1.807, 2.05) is 17.0 Å². The Bertz CT molecular complexity index is 880. The maximum atomic E-state index is 14.1. The van der Waals surface area contributed by atoms with Crippen LogP contribution in [0, 0.1) is 12.7 Å². The first-order valence-corrected chi connectivity index (χ1v) is 10.4. The number of rotatable bonds is 3. The molecule has 2 saturated heterocycles. The Balaban J connectivity index is 1.39. The monoisotopic (exact) mass is 397 g/mol. The second-order valence-corrected chi connectivity index (χ2v) is 7.97. The van der Waals surface area contributed by atoms with Gasteiger partial charge < -0.3 is 14.9 Å². The van der Waals surface area contributed by atoms with E-state index in [2.05, 4.69) is 9.80 Å². The van der Waals surface area contributed by atoms with Crippen LogP contribution in [0.4, 0.5) is 10.1 Å². The number of piperazine rings is 1. The van der Waals surface area contributed by atoms with Crippen molar-refractivity contribution >= 4 is 11.6 Å². The number of piperidine rings is 1. The van der Waals surface area contributed by atoms with E-state index < -0.39 is 0 Å². The van der Waals surface area contributed by atoms with Crippen LogP contribution in [0.25, 0.3) is 0 Å². The summed E-state index contributed by atoms with van der Waals surface area (Å²) in [5, 5.41) is 9.93. The minimum atomic E-state index is -0.170. The molecule has 2 aromatic rings. The first kappa shape index (κ1) is 19.7. The van der Waals surface area contributed by atoms with Gasteiger partial charge in [0.1, 0.15) is 11.6 Å². The quantitative estimate of drug-likeness (QED) is 0.864. The first-order chi connectivity index (χ1) is 14.0. The number of aromatic hydroxyl groups is 1. The SMILES string of the molecule is Cc1c(O)cccc1C(=O)N1CCC[C@@H](N2CCN(c3ccccc3F)CC2)C1. The zero-order valence-electron chi connectivity index (χ0n) is 16.9. The molecule has 29 heavy (non-hydrogen) atoms. The lowest BCUT2D eigenvalue weighted by Gasteiger charge is -2.44. The van der Waals surface area contributed by atoms with Crippen molar-refractivity contribution in [2.75, 3.05) is 44.2 Å². The van der Waals surface area contributed by atoms with Crippen molar-refractivity contribution < 1.29 is 14.3 Å². The minimum Gasteiger partial charge on any atom is -0.508 e. The molecule has 0 aliphatic carbocycles. The van der Waals surface area contributed by atoms with Gasteiger partial charge in [-0.2, -0.15) is 0 Å². The van der Waals surface area contributed by atoms with E-state index in [-0.39, 0.29) is 17.5 Å². The Hall–Kier alpha value is -2.60. The molecular weight excluding hydrogens is 369 g/mol. The number of phenols is 1. The number of benzene rings is 2. The molecule has 2 heterocycles. The molecule has 0 unspecified atom stereocenters. The van der Waals surface area contributed by atoms with Gasteiger partial charge in [-0.1, -0.05) is 18.2 Å². The van der Waals surface area contributed by atoms with Gasteiger partial charge in [-0.25, -0.2) is 4.39 Å². The normalized spacial score (nSPS) is 20.7. The van der Waals surface area contributed by atoms with E-state index in [1.54, 1.807) is 31.2 Å². The summed E-state index contributed by atoms with van der Waals surface area (Å²) in [5.74, 6) is -0.0151. The summed E-state index contributed by atoms with van der Waals surface area (Å²) in [7, 11) is 0. The highest BCUT2D eigenvalue weighted by molar-refractivity contribution is 5.96. The minimum absolute atomic E-state index is 0.00640. The van der Waals surface area contributed by atoms with E-state index in [9.17, 15) is 14.3 Å². The fraction of sp³-hybridized carbons (Fsp3) is 0.435. The molecule has 4 rings (SSSR count). The molecule has 0 bridgehead atoms. The molecule has 1 atom stereocenters. The average Bonchev–Trinajstić information content (AvgIpc) is 2.76. The molecule has 1 amide bonds. The predicted octanol–water partition coefficient (Wildman–Crippen LogP) is 3.27. The van der Waals surface area contributed by atoms with E-state index in [4.69, 9.17) is 0 Å². The molecule has 5 nitrogen and oxygen atoms in total. The number of anilines is 1. The third-order valence-electron chi connectivity index (χ3n) is 6.24. The van der Waals surface area contributed by atoms with Gasteiger partial charge >= 0.3 is 0 Å². The standard InChI is InChI=1S/C23H28FN3O2/c1-17-19(7-4-10-22(17)28)23(29)27-11-5-6-18(16-27)25-12-14-26(15-13-25)21-9-3-2-8-20(21)24/h2-4,7-10,18,28H,5-6,11-16H2,1H3/t18-/m1/s1. The summed E-state index contributed by atoms with van der Waals surface area (Å²) in [6.45, 7) is 6.55. The van der Waals surface area contributed by atoms with Crippen molar-refractivity contribution in [1.29, 1.82) is 0 Å². The van der Waals surface area contributed by atoms with Crippen LogP contribution in [0.15, 0.2) is 42.5 Å². The van der Waals surface area contributed by atoms with Crippen LogP contribution in [-0.2, 0) is 0 Å². The van der Waals surface area contributed by atoms with Gasteiger partial charge in [-0.15, -0.1) is 0 Å². The van der Waals surface area contributed by atoms with Crippen molar-refractivity contribution in [3.05, 3.63) is 59.4 Å². The van der Waals surface area contributed by atoms with Crippen molar-refractivity contribution in [2.45, 2.75) is 25.8 Å². The summed E-state index contributed by atoms with van der Waals surface area (Å²) in [6, 6.07) is 12.4. The van der Waals surface area contributed by atoms with Gasteiger partial charge in [0.05, 0.1) is 5.69 Å². The van der Waals surface area contributed by atoms with Crippen molar-refractivity contribution in [1.82, 2.24) is 9.80 Å². The predicted molar refractivity (Wildman–Crippen MR) is 112 cm³/mol. The van der Waals surface area contributed by atoms with Crippen LogP contribution in [0.1, 0.15) is 28.8 Å². The van der Waals surface area contributed by atoms with E-state index in [1.165, 1.54) is 6.07 Å². The summed E-state index contributed by atoms with van der Waals surface area (Å²) in [5.41, 5.74) is 1.89. The Labute approximate surface area is 171 Å². The largest absolute Gasteiger partial charge is 0.508 e. The zero-order valence-corrected chi connectivity index (χ0v) is 16.9. The number of hydrogen-bond donors (Lipinski definition) is 1. The van der Waals surface area contributed by atoms with Gasteiger partial charge in [0.25, 0.3) is 5.91 Å².